The second-order valence-corrected chi connectivity index (χ2v) is 2.29. The van der Waals surface area contributed by atoms with Gasteiger partial charge in [-0.25, -0.2) is 5.43 Å². The van der Waals surface area contributed by atoms with Crippen LogP contribution in [0.2, 0.25) is 0 Å². The van der Waals surface area contributed by atoms with Crippen LogP contribution in [0.1, 0.15) is 13.3 Å². The molecular weight excluding hydrogens is 128 g/mol. The van der Waals surface area contributed by atoms with Crippen molar-refractivity contribution in [2.45, 2.75) is 13.3 Å². The van der Waals surface area contributed by atoms with Crippen molar-refractivity contribution < 1.29 is 4.79 Å². The second-order valence-electron chi connectivity index (χ2n) is 2.29. The maximum Gasteiger partial charge on any atom is 0.248 e. The molecule has 1 rings (SSSR count). The van der Waals surface area contributed by atoms with Gasteiger partial charge in [0.15, 0.2) is 0 Å². The molecule has 0 aromatic carbocycles. The van der Waals surface area contributed by atoms with Crippen LogP contribution in [-0.4, -0.2) is 11.6 Å². The molecule has 1 unspecified atom stereocenters. The zero-order valence-electron chi connectivity index (χ0n) is 5.92. The number of rotatable bonds is 2. The van der Waals surface area contributed by atoms with Crippen LogP contribution in [-0.2, 0) is 4.79 Å². The Morgan fingerprint density at radius 3 is 3.00 bits per heavy atom. The fourth-order valence-electron chi connectivity index (χ4n) is 0.842. The van der Waals surface area contributed by atoms with Crippen LogP contribution in [0.3, 0.4) is 0 Å². The molecule has 1 amide bonds. The molecule has 0 bridgehead atoms. The molecule has 0 fully saturated rings. The number of carbonyl (C=O) groups excluding carboxylic acids is 1. The molecule has 1 atom stereocenters. The fourth-order valence-corrected chi connectivity index (χ4v) is 0.842. The zero-order chi connectivity index (χ0) is 7.56. The molecule has 0 aromatic rings. The van der Waals surface area contributed by atoms with Crippen LogP contribution >= 0.6 is 0 Å². The molecule has 0 aliphatic carbocycles. The molecule has 0 saturated heterocycles. The Kier molecular flexibility index (Phi) is 1.85. The van der Waals surface area contributed by atoms with Gasteiger partial charge in [-0.3, -0.25) is 4.79 Å². The lowest BCUT2D eigenvalue weighted by atomic mass is 10.0. The quantitative estimate of drug-likeness (QED) is 0.560. The van der Waals surface area contributed by atoms with E-state index in [1.807, 2.05) is 6.92 Å². The highest BCUT2D eigenvalue weighted by atomic mass is 16.2. The minimum Gasteiger partial charge on any atom is -0.272 e. The second kappa shape index (κ2) is 2.64. The topological polar surface area (TPSA) is 41.5 Å². The van der Waals surface area contributed by atoms with Crippen LogP contribution < -0.4 is 5.43 Å². The summed E-state index contributed by atoms with van der Waals surface area (Å²) in [6.45, 7) is 5.40. The normalized spacial score (nSPS) is 23.9. The van der Waals surface area contributed by atoms with Crippen LogP contribution in [0.5, 0.6) is 0 Å². The summed E-state index contributed by atoms with van der Waals surface area (Å²) in [7, 11) is 0. The van der Waals surface area contributed by atoms with Crippen molar-refractivity contribution in [1.82, 2.24) is 5.43 Å². The van der Waals surface area contributed by atoms with E-state index in [2.05, 4.69) is 17.1 Å². The lowest BCUT2D eigenvalue weighted by Crippen LogP contribution is -2.19. The number of nitrogens with one attached hydrogen (secondary N) is 1. The van der Waals surface area contributed by atoms with Gasteiger partial charge in [-0.15, -0.1) is 6.58 Å². The van der Waals surface area contributed by atoms with Crippen molar-refractivity contribution in [2.24, 2.45) is 11.0 Å². The van der Waals surface area contributed by atoms with Crippen LogP contribution in [0, 0.1) is 5.92 Å². The van der Waals surface area contributed by atoms with Gasteiger partial charge in [-0.1, -0.05) is 6.08 Å². The average Bonchev–Trinajstić information content (AvgIpc) is 2.20. The van der Waals surface area contributed by atoms with E-state index in [0.29, 0.717) is 6.42 Å². The first-order valence-electron chi connectivity index (χ1n) is 3.23. The number of nitrogens with zero attached hydrogens (tertiary/aromatic N) is 1. The molecule has 1 aliphatic heterocycles. The van der Waals surface area contributed by atoms with E-state index in [1.54, 1.807) is 6.08 Å². The van der Waals surface area contributed by atoms with Gasteiger partial charge in [0.1, 0.15) is 0 Å². The van der Waals surface area contributed by atoms with Crippen molar-refractivity contribution in [3.8, 4) is 0 Å². The van der Waals surface area contributed by atoms with Gasteiger partial charge in [0.2, 0.25) is 5.91 Å². The molecule has 1 N–H and O–H groups in total. The van der Waals surface area contributed by atoms with E-state index in [-0.39, 0.29) is 11.8 Å². The van der Waals surface area contributed by atoms with Crippen molar-refractivity contribution in [3.63, 3.8) is 0 Å². The average molecular weight is 138 g/mol. The molecule has 1 aliphatic rings. The third-order valence-corrected chi connectivity index (χ3v) is 1.56. The lowest BCUT2D eigenvalue weighted by molar-refractivity contribution is -0.121. The predicted octanol–water partition coefficient (Wildman–Crippen LogP) is 0.684. The van der Waals surface area contributed by atoms with Gasteiger partial charge < -0.3 is 0 Å². The monoisotopic (exact) mass is 138 g/mol. The van der Waals surface area contributed by atoms with Crippen molar-refractivity contribution >= 4 is 11.6 Å². The Bertz CT molecular complexity index is 196. The first kappa shape index (κ1) is 6.99. The van der Waals surface area contributed by atoms with Gasteiger partial charge in [-0.05, 0) is 6.92 Å². The van der Waals surface area contributed by atoms with E-state index in [9.17, 15) is 4.79 Å². The Morgan fingerprint density at radius 2 is 2.60 bits per heavy atom. The smallest absolute Gasteiger partial charge is 0.248 e. The lowest BCUT2D eigenvalue weighted by Gasteiger charge is -1.97. The van der Waals surface area contributed by atoms with E-state index in [0.717, 1.165) is 5.71 Å². The van der Waals surface area contributed by atoms with E-state index >= 15 is 0 Å². The molecule has 3 nitrogen and oxygen atoms in total. The number of hydrogen-bond donors (Lipinski definition) is 1. The maximum absolute atomic E-state index is 10.8. The highest BCUT2D eigenvalue weighted by molar-refractivity contribution is 6.07. The van der Waals surface area contributed by atoms with Crippen molar-refractivity contribution in [3.05, 3.63) is 12.7 Å². The molecule has 0 radical (unpaired) electrons. The molecule has 1 heterocycles. The van der Waals surface area contributed by atoms with Gasteiger partial charge in [0, 0.05) is 6.42 Å². The summed E-state index contributed by atoms with van der Waals surface area (Å²) in [5, 5.41) is 3.83. The van der Waals surface area contributed by atoms with Gasteiger partial charge in [0.25, 0.3) is 0 Å². The summed E-state index contributed by atoms with van der Waals surface area (Å²) in [6.07, 6.45) is 2.44. The zero-order valence-corrected chi connectivity index (χ0v) is 5.92. The van der Waals surface area contributed by atoms with Crippen LogP contribution in [0.15, 0.2) is 17.8 Å². The molecular formula is C7H10N2O. The van der Waals surface area contributed by atoms with Gasteiger partial charge >= 0.3 is 0 Å². The molecule has 54 valence electrons. The van der Waals surface area contributed by atoms with Crippen LogP contribution in [0.25, 0.3) is 0 Å². The predicted molar refractivity (Wildman–Crippen MR) is 39.6 cm³/mol. The highest BCUT2D eigenvalue weighted by Crippen LogP contribution is 2.08. The largest absolute Gasteiger partial charge is 0.272 e. The molecule has 10 heavy (non-hydrogen) atoms. The summed E-state index contributed by atoms with van der Waals surface area (Å²) in [5.74, 6) is -0.0881. The Labute approximate surface area is 59.8 Å². The standard InChI is InChI=1S/C7H10N2O/c1-3-4-6-5(2)7(10)9-8-6/h3,5H,1,4H2,2H3,(H,9,10). The number of amides is 1. The molecule has 0 saturated carbocycles. The summed E-state index contributed by atoms with van der Waals surface area (Å²) in [4.78, 5) is 10.8. The van der Waals surface area contributed by atoms with Crippen molar-refractivity contribution in [2.75, 3.05) is 0 Å². The van der Waals surface area contributed by atoms with E-state index < -0.39 is 0 Å². The number of allylic oxidation sites excluding steroid dienone is 1. The maximum atomic E-state index is 10.8. The third kappa shape index (κ3) is 1.07. The fraction of sp³-hybridized carbons (Fsp3) is 0.429. The van der Waals surface area contributed by atoms with Crippen molar-refractivity contribution in [1.29, 1.82) is 0 Å². The SMILES string of the molecule is C=CCC1=NNC(=O)C1C. The first-order valence-corrected chi connectivity index (χ1v) is 3.23. The molecule has 0 spiro atoms. The summed E-state index contributed by atoms with van der Waals surface area (Å²) >= 11 is 0. The van der Waals surface area contributed by atoms with Gasteiger partial charge in [0.05, 0.1) is 11.6 Å². The Hall–Kier alpha value is -1.12. The van der Waals surface area contributed by atoms with E-state index in [4.69, 9.17) is 0 Å². The highest BCUT2D eigenvalue weighted by Gasteiger charge is 2.23. The number of carbonyl (C=O) groups is 1. The minimum absolute atomic E-state index is 0.0168. The molecule has 0 aromatic heterocycles. The van der Waals surface area contributed by atoms with Gasteiger partial charge in [-0.2, -0.15) is 5.10 Å². The Balaban J connectivity index is 2.62. The number of hydrazone groups is 1. The third-order valence-electron chi connectivity index (χ3n) is 1.56. The Morgan fingerprint density at radius 1 is 1.90 bits per heavy atom. The summed E-state index contributed by atoms with van der Waals surface area (Å²) < 4.78 is 0. The van der Waals surface area contributed by atoms with E-state index in [1.165, 1.54) is 0 Å². The summed E-state index contributed by atoms with van der Waals surface area (Å²) in [6, 6.07) is 0. The van der Waals surface area contributed by atoms with Crippen LogP contribution in [0.4, 0.5) is 0 Å². The number of hydrogen-bond acceptors (Lipinski definition) is 2. The minimum atomic E-state index is -0.0713. The molecule has 3 heteroatoms. The summed E-state index contributed by atoms with van der Waals surface area (Å²) in [5.41, 5.74) is 3.28. The first-order chi connectivity index (χ1) is 4.75.